The monoisotopic (exact) mass is 326 g/mol. The highest BCUT2D eigenvalue weighted by molar-refractivity contribution is 9.09. The van der Waals surface area contributed by atoms with E-state index in [1.165, 1.54) is 37.5 Å². The first-order chi connectivity index (χ1) is 9.16. The summed E-state index contributed by atoms with van der Waals surface area (Å²) in [5.41, 5.74) is 0.252. The van der Waals surface area contributed by atoms with Crippen LogP contribution in [0.1, 0.15) is 24.8 Å². The highest BCUT2D eigenvalue weighted by Crippen LogP contribution is 2.71. The van der Waals surface area contributed by atoms with E-state index >= 15 is 0 Å². The van der Waals surface area contributed by atoms with E-state index in [0.717, 1.165) is 23.7 Å². The van der Waals surface area contributed by atoms with Gasteiger partial charge >= 0.3 is 0 Å². The fourth-order valence-electron chi connectivity index (χ4n) is 4.93. The molecule has 0 aromatic heterocycles. The Labute approximate surface area is 120 Å². The number of benzene rings is 1. The highest BCUT2D eigenvalue weighted by atomic mass is 79.9. The Hall–Kier alpha value is -0.440. The van der Waals surface area contributed by atoms with E-state index in [2.05, 4.69) is 15.9 Å². The third kappa shape index (κ3) is 1.80. The van der Waals surface area contributed by atoms with Gasteiger partial charge in [-0.2, -0.15) is 0 Å². The fourth-order valence-corrected chi connectivity index (χ4v) is 5.96. The van der Waals surface area contributed by atoms with Crippen LogP contribution in [0.5, 0.6) is 0 Å². The summed E-state index contributed by atoms with van der Waals surface area (Å²) in [6.07, 6.45) is 4.67. The Kier molecular flexibility index (Phi) is 2.77. The normalized spacial score (nSPS) is 40.3. The van der Waals surface area contributed by atoms with E-state index in [0.29, 0.717) is 12.3 Å². The van der Waals surface area contributed by atoms with Crippen molar-refractivity contribution >= 4 is 15.9 Å². The maximum atomic E-state index is 13.7. The molecule has 19 heavy (non-hydrogen) atoms. The van der Waals surface area contributed by atoms with Crippen molar-refractivity contribution in [3.63, 3.8) is 0 Å². The first-order valence-corrected chi connectivity index (χ1v) is 8.15. The van der Waals surface area contributed by atoms with Crippen molar-refractivity contribution in [3.8, 4) is 0 Å². The molecule has 3 fully saturated rings. The van der Waals surface area contributed by atoms with E-state index in [-0.39, 0.29) is 10.4 Å². The number of rotatable bonds is 3. The van der Waals surface area contributed by atoms with Gasteiger partial charge in [0.25, 0.3) is 0 Å². The molecular formula is C16H17BrF2. The van der Waals surface area contributed by atoms with Gasteiger partial charge in [0.05, 0.1) is 0 Å². The topological polar surface area (TPSA) is 0 Å². The van der Waals surface area contributed by atoms with Crippen LogP contribution in [0.3, 0.4) is 0 Å². The van der Waals surface area contributed by atoms with Crippen molar-refractivity contribution in [2.45, 2.75) is 30.5 Å². The molecule has 3 heteroatoms. The average Bonchev–Trinajstić information content (AvgIpc) is 2.83. The van der Waals surface area contributed by atoms with Gasteiger partial charge in [0.15, 0.2) is 0 Å². The van der Waals surface area contributed by atoms with Crippen LogP contribution >= 0.6 is 15.9 Å². The van der Waals surface area contributed by atoms with Crippen LogP contribution in [0.2, 0.25) is 0 Å². The Morgan fingerprint density at radius 2 is 1.68 bits per heavy atom. The van der Waals surface area contributed by atoms with Crippen LogP contribution in [0, 0.1) is 41.2 Å². The summed E-state index contributed by atoms with van der Waals surface area (Å²) in [7, 11) is 0. The third-order valence-electron chi connectivity index (χ3n) is 5.67. The Morgan fingerprint density at radius 1 is 1.11 bits per heavy atom. The molecule has 0 N–H and O–H groups in total. The zero-order chi connectivity index (χ0) is 13.1. The smallest absolute Gasteiger partial charge is 0.129 e. The molecule has 0 nitrogen and oxygen atoms in total. The Morgan fingerprint density at radius 3 is 2.26 bits per heavy atom. The van der Waals surface area contributed by atoms with Crippen molar-refractivity contribution in [1.29, 1.82) is 0 Å². The molecule has 0 radical (unpaired) electrons. The minimum Gasteiger partial charge on any atom is -0.207 e. The molecule has 2 bridgehead atoms. The SMILES string of the molecule is Fc1cccc(F)c1CC(Br)C1C2C3CCC(C3)C12. The molecule has 0 heterocycles. The maximum absolute atomic E-state index is 13.7. The van der Waals surface area contributed by atoms with Gasteiger partial charge in [0.2, 0.25) is 0 Å². The van der Waals surface area contributed by atoms with Crippen LogP contribution in [0.25, 0.3) is 0 Å². The van der Waals surface area contributed by atoms with Crippen LogP contribution in [-0.2, 0) is 6.42 Å². The zero-order valence-electron chi connectivity index (χ0n) is 10.7. The second kappa shape index (κ2) is 4.28. The number of halogens is 3. The first kappa shape index (κ1) is 12.3. The minimum absolute atomic E-state index is 0.234. The van der Waals surface area contributed by atoms with Crippen molar-refractivity contribution in [1.82, 2.24) is 0 Å². The largest absolute Gasteiger partial charge is 0.207 e. The number of hydrogen-bond donors (Lipinski definition) is 0. The van der Waals surface area contributed by atoms with E-state index in [9.17, 15) is 8.78 Å². The van der Waals surface area contributed by atoms with Gasteiger partial charge in [0, 0.05) is 10.4 Å². The van der Waals surface area contributed by atoms with Gasteiger partial charge in [-0.3, -0.25) is 0 Å². The Balaban J connectivity index is 1.50. The second-order valence-electron chi connectivity index (χ2n) is 6.49. The van der Waals surface area contributed by atoms with E-state index in [1.807, 2.05) is 0 Å². The lowest BCUT2D eigenvalue weighted by Gasteiger charge is -2.15. The van der Waals surface area contributed by atoms with Crippen LogP contribution < -0.4 is 0 Å². The Bertz CT molecular complexity index is 479. The van der Waals surface area contributed by atoms with Crippen molar-refractivity contribution in [3.05, 3.63) is 35.4 Å². The lowest BCUT2D eigenvalue weighted by Crippen LogP contribution is -2.14. The predicted molar refractivity (Wildman–Crippen MR) is 74.1 cm³/mol. The molecule has 0 amide bonds. The summed E-state index contributed by atoms with van der Waals surface area (Å²) >= 11 is 3.71. The zero-order valence-corrected chi connectivity index (χ0v) is 12.2. The predicted octanol–water partition coefficient (Wildman–Crippen LogP) is 4.56. The molecular weight excluding hydrogens is 310 g/mol. The summed E-state index contributed by atoms with van der Waals surface area (Å²) in [4.78, 5) is 0.234. The maximum Gasteiger partial charge on any atom is 0.129 e. The van der Waals surface area contributed by atoms with E-state index < -0.39 is 11.6 Å². The molecule has 5 atom stereocenters. The molecule has 1 aromatic carbocycles. The van der Waals surface area contributed by atoms with Gasteiger partial charge in [-0.05, 0) is 67.4 Å². The fraction of sp³-hybridized carbons (Fsp3) is 0.625. The van der Waals surface area contributed by atoms with Gasteiger partial charge in [-0.25, -0.2) is 8.78 Å². The molecule has 3 saturated carbocycles. The standard InChI is InChI=1S/C16H17BrF2/c17-11(7-10-12(18)2-1-3-13(10)19)16-14-8-4-5-9(6-8)15(14)16/h1-3,8-9,11,14-16H,4-7H2. The summed E-state index contributed by atoms with van der Waals surface area (Å²) in [5, 5.41) is 0. The molecule has 0 saturated heterocycles. The van der Waals surface area contributed by atoms with Crippen LogP contribution in [0.4, 0.5) is 8.78 Å². The van der Waals surface area contributed by atoms with Gasteiger partial charge in [0.1, 0.15) is 11.6 Å². The molecule has 102 valence electrons. The second-order valence-corrected chi connectivity index (χ2v) is 7.66. The third-order valence-corrected chi connectivity index (χ3v) is 6.61. The van der Waals surface area contributed by atoms with Crippen LogP contribution in [-0.4, -0.2) is 4.83 Å². The van der Waals surface area contributed by atoms with Crippen molar-refractivity contribution in [2.75, 3.05) is 0 Å². The average molecular weight is 327 g/mol. The van der Waals surface area contributed by atoms with E-state index in [1.54, 1.807) is 0 Å². The molecule has 3 aliphatic rings. The molecule has 4 rings (SSSR count). The van der Waals surface area contributed by atoms with Gasteiger partial charge in [-0.15, -0.1) is 0 Å². The van der Waals surface area contributed by atoms with E-state index in [4.69, 9.17) is 0 Å². The molecule has 3 aliphatic carbocycles. The van der Waals surface area contributed by atoms with Gasteiger partial charge < -0.3 is 0 Å². The summed E-state index contributed by atoms with van der Waals surface area (Å²) in [6, 6.07) is 4.15. The lowest BCUT2D eigenvalue weighted by atomic mass is 9.97. The van der Waals surface area contributed by atoms with Gasteiger partial charge in [-0.1, -0.05) is 22.0 Å². The highest BCUT2D eigenvalue weighted by Gasteiger charge is 2.66. The molecule has 5 unspecified atom stereocenters. The molecule has 0 spiro atoms. The first-order valence-electron chi connectivity index (χ1n) is 7.23. The summed E-state index contributed by atoms with van der Waals surface area (Å²) < 4.78 is 27.4. The minimum atomic E-state index is -0.404. The molecule has 1 aromatic rings. The lowest BCUT2D eigenvalue weighted by molar-refractivity contribution is 0.449. The van der Waals surface area contributed by atoms with Crippen molar-refractivity contribution < 1.29 is 8.78 Å². The number of fused-ring (bicyclic) bond motifs is 5. The molecule has 0 aliphatic heterocycles. The van der Waals surface area contributed by atoms with Crippen molar-refractivity contribution in [2.24, 2.45) is 29.6 Å². The number of alkyl halides is 1. The quantitative estimate of drug-likeness (QED) is 0.714. The summed E-state index contributed by atoms with van der Waals surface area (Å²) in [6.45, 7) is 0. The summed E-state index contributed by atoms with van der Waals surface area (Å²) in [5.74, 6) is 3.36. The number of hydrogen-bond acceptors (Lipinski definition) is 0. The van der Waals surface area contributed by atoms with Crippen LogP contribution in [0.15, 0.2) is 18.2 Å².